The third-order valence-corrected chi connectivity index (χ3v) is 7.24. The van der Waals surface area contributed by atoms with Gasteiger partial charge in [0.05, 0.1) is 8.22 Å². The minimum Gasteiger partial charge on any atom is -0.456 e. The van der Waals surface area contributed by atoms with E-state index in [0.29, 0.717) is 43.8 Å². The second-order valence-corrected chi connectivity index (χ2v) is 9.24. The minimum absolute atomic E-state index is 0.0302. The third-order valence-electron chi connectivity index (χ3n) is 7.24. The van der Waals surface area contributed by atoms with Gasteiger partial charge in [0.15, 0.2) is 0 Å². The van der Waals surface area contributed by atoms with Crippen molar-refractivity contribution >= 4 is 54.3 Å². The van der Waals surface area contributed by atoms with Gasteiger partial charge in [0.25, 0.3) is 0 Å². The topological polar surface area (TPSA) is 13.1 Å². The zero-order chi connectivity index (χ0) is 29.6. The van der Waals surface area contributed by atoms with Crippen molar-refractivity contribution in [3.63, 3.8) is 0 Å². The average Bonchev–Trinajstić information content (AvgIpc) is 3.41. The summed E-state index contributed by atoms with van der Waals surface area (Å²) in [5, 5.41) is 5.79. The number of fused-ring (bicyclic) bond motifs is 6. The fourth-order valence-electron chi connectivity index (χ4n) is 5.66. The van der Waals surface area contributed by atoms with Gasteiger partial charge in [0.1, 0.15) is 11.2 Å². The highest BCUT2D eigenvalue weighted by molar-refractivity contribution is 6.25. The van der Waals surface area contributed by atoms with E-state index in [9.17, 15) is 2.74 Å². The maximum absolute atomic E-state index is 9.21. The van der Waals surface area contributed by atoms with Crippen LogP contribution in [0.1, 0.15) is 8.22 Å². The molecule has 0 saturated carbocycles. The molecule has 0 saturated heterocycles. The van der Waals surface area contributed by atoms with Gasteiger partial charge in [-0.15, -0.1) is 0 Å². The van der Waals surface area contributed by atoms with E-state index in [1.54, 1.807) is 12.1 Å². The van der Waals surface area contributed by atoms with Crippen LogP contribution < -0.4 is 0 Å². The van der Waals surface area contributed by atoms with Crippen molar-refractivity contribution in [1.29, 1.82) is 0 Å². The van der Waals surface area contributed by atoms with E-state index in [1.165, 1.54) is 0 Å². The predicted octanol–water partition coefficient (Wildman–Crippen LogP) is 10.4. The highest BCUT2D eigenvalue weighted by atomic mass is 16.3. The fraction of sp³-hybridized carbons (Fsp3) is 0. The largest absolute Gasteiger partial charge is 0.456 e. The second-order valence-electron chi connectivity index (χ2n) is 9.24. The number of furan rings is 1. The lowest BCUT2D eigenvalue weighted by Gasteiger charge is -2.18. The minimum atomic E-state index is -0.324. The van der Waals surface area contributed by atoms with Crippen LogP contribution in [0, 0.1) is 0 Å². The first-order chi connectivity index (χ1) is 20.8. The monoisotopic (exact) mass is 476 g/mol. The van der Waals surface area contributed by atoms with Crippen molar-refractivity contribution in [2.24, 2.45) is 0 Å². The van der Waals surface area contributed by atoms with Crippen LogP contribution in [0.5, 0.6) is 0 Å². The zero-order valence-electron chi connectivity index (χ0n) is 25.6. The lowest BCUT2D eigenvalue weighted by atomic mass is 9.84. The van der Waals surface area contributed by atoms with E-state index < -0.39 is 0 Å². The zero-order valence-corrected chi connectivity index (χ0v) is 19.6. The molecule has 8 rings (SSSR count). The lowest BCUT2D eigenvalue weighted by molar-refractivity contribution is 0.669. The SMILES string of the molecule is [2H]c1cc2c(-c3ccc4ccccc4c3)c3c([2H])c([2H])c([2H])c([2H])c3c(-c3cccc4oc5ccccc5c34)c2cc1[2H]. The molecule has 0 fully saturated rings. The van der Waals surface area contributed by atoms with Crippen molar-refractivity contribution < 1.29 is 12.6 Å². The Kier molecular flexibility index (Phi) is 3.23. The Labute approximate surface area is 222 Å². The molecule has 1 nitrogen and oxygen atoms in total. The first kappa shape index (κ1) is 15.3. The van der Waals surface area contributed by atoms with E-state index in [4.69, 9.17) is 9.90 Å². The second kappa shape index (κ2) is 7.81. The summed E-state index contributed by atoms with van der Waals surface area (Å²) in [4.78, 5) is 0. The highest BCUT2D eigenvalue weighted by Gasteiger charge is 2.20. The molecule has 0 amide bonds. The molecule has 37 heavy (non-hydrogen) atoms. The molecule has 0 spiro atoms. The Bertz CT molecular complexity index is 2480. The van der Waals surface area contributed by atoms with Gasteiger partial charge in [-0.2, -0.15) is 0 Å². The first-order valence-corrected chi connectivity index (χ1v) is 12.2. The Hall–Kier alpha value is -4.88. The first-order valence-electron chi connectivity index (χ1n) is 15.2. The molecular formula is C36H22O. The summed E-state index contributed by atoms with van der Waals surface area (Å²) in [6.07, 6.45) is 0. The number of para-hydroxylation sites is 1. The van der Waals surface area contributed by atoms with Gasteiger partial charge in [0, 0.05) is 10.8 Å². The lowest BCUT2D eigenvalue weighted by Crippen LogP contribution is -1.91. The van der Waals surface area contributed by atoms with Crippen LogP contribution in [-0.2, 0) is 0 Å². The van der Waals surface area contributed by atoms with Crippen LogP contribution in [0.15, 0.2) is 138 Å². The number of rotatable bonds is 2. The molecule has 8 aromatic rings. The summed E-state index contributed by atoms with van der Waals surface area (Å²) in [5.74, 6) is 0. The van der Waals surface area contributed by atoms with Crippen LogP contribution in [0.2, 0.25) is 0 Å². The number of benzene rings is 7. The van der Waals surface area contributed by atoms with Gasteiger partial charge < -0.3 is 4.42 Å². The van der Waals surface area contributed by atoms with Crippen molar-refractivity contribution in [3.05, 3.63) is 133 Å². The Balaban J connectivity index is 1.66. The van der Waals surface area contributed by atoms with Crippen molar-refractivity contribution in [1.82, 2.24) is 0 Å². The predicted molar refractivity (Wildman–Crippen MR) is 157 cm³/mol. The van der Waals surface area contributed by atoms with Crippen molar-refractivity contribution in [2.45, 2.75) is 0 Å². The number of hydrogen-bond donors (Lipinski definition) is 0. The molecule has 0 N–H and O–H groups in total. The quantitative estimate of drug-likeness (QED) is 0.226. The molecule has 1 heterocycles. The van der Waals surface area contributed by atoms with Crippen LogP contribution in [0.25, 0.3) is 76.5 Å². The molecule has 1 aromatic heterocycles. The molecule has 0 aliphatic heterocycles. The Morgan fingerprint density at radius 2 is 1.19 bits per heavy atom. The summed E-state index contributed by atoms with van der Waals surface area (Å²) in [6.45, 7) is 0. The van der Waals surface area contributed by atoms with Gasteiger partial charge in [-0.25, -0.2) is 0 Å². The summed E-state index contributed by atoms with van der Waals surface area (Å²) < 4.78 is 59.2. The molecule has 0 radical (unpaired) electrons. The van der Waals surface area contributed by atoms with Gasteiger partial charge in [-0.3, -0.25) is 0 Å². The Morgan fingerprint density at radius 3 is 2.05 bits per heavy atom. The molecule has 0 unspecified atom stereocenters. The maximum atomic E-state index is 9.21. The highest BCUT2D eigenvalue weighted by Crippen LogP contribution is 2.46. The summed E-state index contributed by atoms with van der Waals surface area (Å²) >= 11 is 0. The standard InChI is InChI=1S/C36H22O/c1-2-11-24-22-25(21-20-23(24)10-1)34-26-12-3-5-14-28(26)35(29-15-6-4-13-27(29)34)31-17-9-19-33-36(31)30-16-7-8-18-32(30)37-33/h1-22H/i3D,4D,5D,6D,12D,14D. The normalized spacial score (nSPS) is 14.1. The van der Waals surface area contributed by atoms with E-state index in [-0.39, 0.29) is 36.3 Å². The summed E-state index contributed by atoms with van der Waals surface area (Å²) in [5.41, 5.74) is 4.08. The van der Waals surface area contributed by atoms with E-state index in [2.05, 4.69) is 0 Å². The van der Waals surface area contributed by atoms with Crippen LogP contribution in [0.3, 0.4) is 0 Å². The van der Waals surface area contributed by atoms with Crippen molar-refractivity contribution in [3.8, 4) is 22.3 Å². The van der Waals surface area contributed by atoms with Crippen LogP contribution >= 0.6 is 0 Å². The molecule has 0 bridgehead atoms. The Morgan fingerprint density at radius 1 is 0.486 bits per heavy atom. The molecule has 172 valence electrons. The van der Waals surface area contributed by atoms with Gasteiger partial charge in [-0.1, -0.05) is 115 Å². The molecule has 0 aliphatic rings. The van der Waals surface area contributed by atoms with Gasteiger partial charge in [0.2, 0.25) is 0 Å². The van der Waals surface area contributed by atoms with Gasteiger partial charge in [-0.05, 0) is 72.8 Å². The third kappa shape index (κ3) is 2.98. The molecule has 0 aliphatic carbocycles. The average molecular weight is 477 g/mol. The molecular weight excluding hydrogens is 448 g/mol. The fourth-order valence-corrected chi connectivity index (χ4v) is 5.66. The maximum Gasteiger partial charge on any atom is 0.136 e. The summed E-state index contributed by atoms with van der Waals surface area (Å²) in [6, 6.07) is 29.8. The molecule has 7 aromatic carbocycles. The van der Waals surface area contributed by atoms with E-state index in [0.717, 1.165) is 32.7 Å². The smallest absolute Gasteiger partial charge is 0.136 e. The van der Waals surface area contributed by atoms with Gasteiger partial charge >= 0.3 is 0 Å². The van der Waals surface area contributed by atoms with Crippen molar-refractivity contribution in [2.75, 3.05) is 0 Å². The van der Waals surface area contributed by atoms with E-state index in [1.807, 2.05) is 84.9 Å². The molecule has 0 atom stereocenters. The van der Waals surface area contributed by atoms with Crippen LogP contribution in [-0.4, -0.2) is 0 Å². The van der Waals surface area contributed by atoms with E-state index >= 15 is 0 Å². The van der Waals surface area contributed by atoms with Crippen LogP contribution in [0.4, 0.5) is 0 Å². The molecule has 1 heteroatoms. The summed E-state index contributed by atoms with van der Waals surface area (Å²) in [7, 11) is 0. The number of hydrogen-bond acceptors (Lipinski definition) is 1.